The molecule has 3 N–H and O–H groups in total. The van der Waals surface area contributed by atoms with E-state index in [1.54, 1.807) is 13.0 Å². The topological polar surface area (TPSA) is 112 Å². The number of carboxylic acid groups (broad SMARTS) is 1. The molecule has 4 aliphatic carbocycles. The highest BCUT2D eigenvalue weighted by Crippen LogP contribution is 2.77. The number of aliphatic carboxylic acids is 1. The summed E-state index contributed by atoms with van der Waals surface area (Å²) in [6.45, 7) is 6.90. The number of hydrogen-bond donors (Lipinski definition) is 3. The number of fused-ring (bicyclic) bond motifs is 1. The number of carboxylic acids is 1. The van der Waals surface area contributed by atoms with Gasteiger partial charge in [0.05, 0.1) is 5.41 Å². The van der Waals surface area contributed by atoms with E-state index in [0.717, 1.165) is 0 Å². The lowest BCUT2D eigenvalue weighted by Gasteiger charge is -2.51. The molecule has 5 atom stereocenters. The average Bonchev–Trinajstić information content (AvgIpc) is 3.31. The number of allylic oxidation sites excluding steroid dienone is 3. The standard InChI is InChI=1S/C20H22O6/c1-4-17(2)8-11-13(22)14(23)15-18(3,16(24)25)6-5-10-7-19(10,15)20(11,26)12(21)9-17/h4,8,10,23,26H,1,5-7,9H2,2-3H3,(H,24,25)/t10-,17+,18-,19-,20-/m0/s1. The van der Waals surface area contributed by atoms with E-state index < -0.39 is 45.1 Å². The summed E-state index contributed by atoms with van der Waals surface area (Å²) in [7, 11) is 0. The van der Waals surface area contributed by atoms with Crippen LogP contribution >= 0.6 is 0 Å². The lowest BCUT2D eigenvalue weighted by molar-refractivity contribution is -0.155. The molecule has 0 aromatic rings. The molecule has 2 saturated carbocycles. The molecule has 0 saturated heterocycles. The first-order chi connectivity index (χ1) is 12.0. The van der Waals surface area contributed by atoms with E-state index in [-0.39, 0.29) is 29.9 Å². The number of rotatable bonds is 2. The Labute approximate surface area is 150 Å². The fourth-order valence-electron chi connectivity index (χ4n) is 5.58. The summed E-state index contributed by atoms with van der Waals surface area (Å²) in [5, 5.41) is 32.1. The van der Waals surface area contributed by atoms with Crippen LogP contribution in [0.15, 0.2) is 35.6 Å². The van der Waals surface area contributed by atoms with Crippen LogP contribution in [0.1, 0.15) is 39.5 Å². The molecule has 4 aliphatic rings. The van der Waals surface area contributed by atoms with Crippen molar-refractivity contribution in [1.82, 2.24) is 0 Å². The zero-order valence-electron chi connectivity index (χ0n) is 14.8. The highest BCUT2D eigenvalue weighted by molar-refractivity contribution is 6.18. The molecule has 6 heteroatoms. The van der Waals surface area contributed by atoms with Gasteiger partial charge in [0, 0.05) is 28.4 Å². The smallest absolute Gasteiger partial charge is 0.313 e. The summed E-state index contributed by atoms with van der Waals surface area (Å²) < 4.78 is 0. The number of carbonyl (C=O) groups excluding carboxylic acids is 2. The molecular weight excluding hydrogens is 336 g/mol. The normalized spacial score (nSPS) is 46.7. The Bertz CT molecular complexity index is 866. The quantitative estimate of drug-likeness (QED) is 0.652. The highest BCUT2D eigenvalue weighted by atomic mass is 16.4. The third kappa shape index (κ3) is 1.60. The number of ketones is 2. The maximum atomic E-state index is 13.1. The number of aliphatic hydroxyl groups excluding tert-OH is 1. The van der Waals surface area contributed by atoms with Crippen molar-refractivity contribution in [2.75, 3.05) is 0 Å². The van der Waals surface area contributed by atoms with E-state index in [0.29, 0.717) is 12.8 Å². The molecule has 0 bridgehead atoms. The van der Waals surface area contributed by atoms with Gasteiger partial charge in [0.25, 0.3) is 0 Å². The third-order valence-corrected chi connectivity index (χ3v) is 7.19. The monoisotopic (exact) mass is 358 g/mol. The van der Waals surface area contributed by atoms with E-state index in [1.807, 2.05) is 0 Å². The van der Waals surface area contributed by atoms with Crippen molar-refractivity contribution in [2.45, 2.75) is 45.1 Å². The minimum atomic E-state index is -2.07. The fraction of sp³-hybridized carbons (Fsp3) is 0.550. The predicted molar refractivity (Wildman–Crippen MR) is 91.1 cm³/mol. The third-order valence-electron chi connectivity index (χ3n) is 7.19. The summed E-state index contributed by atoms with van der Waals surface area (Å²) >= 11 is 0. The summed E-state index contributed by atoms with van der Waals surface area (Å²) in [5.41, 5.74) is -5.63. The second kappa shape index (κ2) is 4.55. The molecule has 4 rings (SSSR count). The zero-order valence-corrected chi connectivity index (χ0v) is 14.8. The van der Waals surface area contributed by atoms with Gasteiger partial charge in [-0.15, -0.1) is 6.58 Å². The van der Waals surface area contributed by atoms with Crippen molar-refractivity contribution in [2.24, 2.45) is 22.2 Å². The van der Waals surface area contributed by atoms with Gasteiger partial charge in [-0.25, -0.2) is 0 Å². The first kappa shape index (κ1) is 17.2. The van der Waals surface area contributed by atoms with Crippen molar-refractivity contribution in [3.05, 3.63) is 35.6 Å². The minimum absolute atomic E-state index is 0.0178. The van der Waals surface area contributed by atoms with Crippen LogP contribution in [0, 0.1) is 22.2 Å². The van der Waals surface area contributed by atoms with Crippen LogP contribution in [0.4, 0.5) is 0 Å². The number of Topliss-reactive ketones (excluding diaryl/α,β-unsaturated/α-hetero) is 2. The average molecular weight is 358 g/mol. The Morgan fingerprint density at radius 2 is 2.00 bits per heavy atom. The van der Waals surface area contributed by atoms with Gasteiger partial charge < -0.3 is 15.3 Å². The molecule has 0 aromatic heterocycles. The van der Waals surface area contributed by atoms with Crippen LogP contribution in [-0.2, 0) is 14.4 Å². The van der Waals surface area contributed by atoms with E-state index in [2.05, 4.69) is 6.58 Å². The molecular formula is C20H22O6. The van der Waals surface area contributed by atoms with Gasteiger partial charge in [0.1, 0.15) is 0 Å². The highest BCUT2D eigenvalue weighted by Gasteiger charge is 2.80. The van der Waals surface area contributed by atoms with Gasteiger partial charge in [-0.1, -0.05) is 19.1 Å². The molecule has 0 aromatic carbocycles. The van der Waals surface area contributed by atoms with Crippen LogP contribution in [0.2, 0.25) is 0 Å². The zero-order chi connectivity index (χ0) is 19.3. The van der Waals surface area contributed by atoms with Gasteiger partial charge in [0.2, 0.25) is 5.78 Å². The summed E-state index contributed by atoms with van der Waals surface area (Å²) in [6.07, 6.45) is 4.23. The van der Waals surface area contributed by atoms with Crippen LogP contribution < -0.4 is 0 Å². The Morgan fingerprint density at radius 1 is 1.35 bits per heavy atom. The van der Waals surface area contributed by atoms with Crippen LogP contribution in [0.3, 0.4) is 0 Å². The van der Waals surface area contributed by atoms with Crippen molar-refractivity contribution < 1.29 is 29.7 Å². The molecule has 0 radical (unpaired) electrons. The van der Waals surface area contributed by atoms with Gasteiger partial charge in [0.15, 0.2) is 17.1 Å². The van der Waals surface area contributed by atoms with Crippen LogP contribution in [-0.4, -0.2) is 38.5 Å². The maximum Gasteiger partial charge on any atom is 0.313 e. The Morgan fingerprint density at radius 3 is 2.58 bits per heavy atom. The molecule has 0 heterocycles. The van der Waals surface area contributed by atoms with Crippen molar-refractivity contribution >= 4 is 17.5 Å². The van der Waals surface area contributed by atoms with E-state index >= 15 is 0 Å². The van der Waals surface area contributed by atoms with Crippen LogP contribution in [0.5, 0.6) is 0 Å². The second-order valence-corrected chi connectivity index (χ2v) is 8.68. The summed E-state index contributed by atoms with van der Waals surface area (Å²) in [4.78, 5) is 38.0. The molecule has 138 valence electrons. The summed E-state index contributed by atoms with van der Waals surface area (Å²) in [5.74, 6) is -3.26. The van der Waals surface area contributed by atoms with Crippen molar-refractivity contribution in [1.29, 1.82) is 0 Å². The predicted octanol–water partition coefficient (Wildman–Crippen LogP) is 2.09. The molecule has 6 nitrogen and oxygen atoms in total. The largest absolute Gasteiger partial charge is 0.504 e. The molecule has 0 amide bonds. The van der Waals surface area contributed by atoms with Gasteiger partial charge in [-0.05, 0) is 32.1 Å². The van der Waals surface area contributed by atoms with Gasteiger partial charge in [-0.2, -0.15) is 0 Å². The van der Waals surface area contributed by atoms with Gasteiger partial charge in [-0.3, -0.25) is 14.4 Å². The van der Waals surface area contributed by atoms with Crippen molar-refractivity contribution in [3.8, 4) is 0 Å². The SMILES string of the molecule is C=C[C@]1(C)C=C2C(=O)C(O)=C3[C@@](C)(C(=O)O)CC[C@H]4C[C@@]34[C@@]2(O)C(=O)C1. The van der Waals surface area contributed by atoms with E-state index in [4.69, 9.17) is 0 Å². The first-order valence-corrected chi connectivity index (χ1v) is 8.83. The molecule has 0 unspecified atom stereocenters. The molecule has 0 aliphatic heterocycles. The lowest BCUT2D eigenvalue weighted by Crippen LogP contribution is -2.62. The first-order valence-electron chi connectivity index (χ1n) is 8.83. The number of carbonyl (C=O) groups is 3. The minimum Gasteiger partial charge on any atom is -0.504 e. The maximum absolute atomic E-state index is 13.1. The fourth-order valence-corrected chi connectivity index (χ4v) is 5.58. The second-order valence-electron chi connectivity index (χ2n) is 8.68. The Kier molecular flexibility index (Phi) is 3.01. The number of aliphatic hydroxyl groups is 2. The lowest BCUT2D eigenvalue weighted by atomic mass is 9.52. The summed E-state index contributed by atoms with van der Waals surface area (Å²) in [6, 6.07) is 0. The number of hydrogen-bond acceptors (Lipinski definition) is 5. The van der Waals surface area contributed by atoms with E-state index in [9.17, 15) is 29.7 Å². The van der Waals surface area contributed by atoms with Gasteiger partial charge >= 0.3 is 5.97 Å². The Hall–Kier alpha value is -2.21. The van der Waals surface area contributed by atoms with Crippen LogP contribution in [0.25, 0.3) is 0 Å². The van der Waals surface area contributed by atoms with E-state index in [1.165, 1.54) is 13.0 Å². The van der Waals surface area contributed by atoms with Crippen molar-refractivity contribution in [3.63, 3.8) is 0 Å². The molecule has 2 fully saturated rings. The molecule has 26 heavy (non-hydrogen) atoms. The molecule has 1 spiro atoms. The Balaban J connectivity index is 2.06.